The number of amides is 1. The van der Waals surface area contributed by atoms with Crippen LogP contribution in [0.4, 0.5) is 0 Å². The van der Waals surface area contributed by atoms with Crippen molar-refractivity contribution in [3.05, 3.63) is 42.1 Å². The van der Waals surface area contributed by atoms with Crippen LogP contribution in [0.25, 0.3) is 11.3 Å². The third-order valence-corrected chi connectivity index (χ3v) is 5.33. The molecule has 126 valence electrons. The van der Waals surface area contributed by atoms with E-state index in [1.807, 2.05) is 43.4 Å². The summed E-state index contributed by atoms with van der Waals surface area (Å²) in [7, 11) is 4.03. The maximum Gasteiger partial charge on any atom is 0.272 e. The van der Waals surface area contributed by atoms with Crippen LogP contribution in [0.3, 0.4) is 0 Å². The van der Waals surface area contributed by atoms with E-state index in [0.717, 1.165) is 37.3 Å². The second-order valence-electron chi connectivity index (χ2n) is 7.18. The zero-order valence-electron chi connectivity index (χ0n) is 14.4. The number of benzene rings is 1. The minimum Gasteiger partial charge on any atom is -0.333 e. The Balaban J connectivity index is 1.62. The lowest BCUT2D eigenvalue weighted by Crippen LogP contribution is -2.47. The highest BCUT2D eigenvalue weighted by molar-refractivity contribution is 5.94. The summed E-state index contributed by atoms with van der Waals surface area (Å²) in [6.45, 7) is 2.95. The highest BCUT2D eigenvalue weighted by Crippen LogP contribution is 2.29. The van der Waals surface area contributed by atoms with E-state index in [1.165, 1.54) is 6.42 Å². The first-order valence-electron chi connectivity index (χ1n) is 8.71. The molecule has 0 saturated carbocycles. The Morgan fingerprint density at radius 2 is 1.88 bits per heavy atom. The monoisotopic (exact) mass is 324 g/mol. The first-order chi connectivity index (χ1) is 11.6. The molecule has 4 heterocycles. The zero-order chi connectivity index (χ0) is 16.7. The van der Waals surface area contributed by atoms with E-state index in [-0.39, 0.29) is 5.91 Å². The Morgan fingerprint density at radius 1 is 1.08 bits per heavy atom. The van der Waals surface area contributed by atoms with Gasteiger partial charge in [-0.05, 0) is 31.9 Å². The molecule has 0 unspecified atom stereocenters. The van der Waals surface area contributed by atoms with Gasteiger partial charge < -0.3 is 9.80 Å². The lowest BCUT2D eigenvalue weighted by Gasteiger charge is -2.36. The second kappa shape index (κ2) is 6.06. The SMILES string of the molecule is CN1C[C@H]2CC[C@@H](C1)N(C(=O)c1cc(-c3ccccc3)nn1C)C2. The average molecular weight is 324 g/mol. The summed E-state index contributed by atoms with van der Waals surface area (Å²) >= 11 is 0. The van der Waals surface area contributed by atoms with Gasteiger partial charge in [-0.3, -0.25) is 9.48 Å². The van der Waals surface area contributed by atoms with Crippen molar-refractivity contribution in [2.45, 2.75) is 18.9 Å². The van der Waals surface area contributed by atoms with Gasteiger partial charge in [0.2, 0.25) is 0 Å². The molecule has 0 N–H and O–H groups in total. The van der Waals surface area contributed by atoms with Crippen LogP contribution in [-0.4, -0.2) is 58.2 Å². The molecule has 2 bridgehead atoms. The number of aromatic nitrogens is 2. The Hall–Kier alpha value is -2.14. The fraction of sp³-hybridized carbons (Fsp3) is 0.474. The number of aryl methyl sites for hydroxylation is 1. The molecule has 5 heteroatoms. The Labute approximate surface area is 142 Å². The average Bonchev–Trinajstić information content (AvgIpc) is 2.78. The van der Waals surface area contributed by atoms with Crippen LogP contribution >= 0.6 is 0 Å². The third-order valence-electron chi connectivity index (χ3n) is 5.33. The number of fused-ring (bicyclic) bond motifs is 4. The fourth-order valence-corrected chi connectivity index (χ4v) is 4.13. The van der Waals surface area contributed by atoms with Gasteiger partial charge in [0.1, 0.15) is 5.69 Å². The lowest BCUT2D eigenvalue weighted by atomic mass is 9.94. The number of nitrogens with zero attached hydrogens (tertiary/aromatic N) is 4. The standard InChI is InChI=1S/C19H24N4O/c1-21-11-14-8-9-16(13-21)23(12-14)19(24)18-10-17(20-22(18)2)15-6-4-3-5-7-15/h3-7,10,14,16H,8-9,11-13H2,1-2H3/t14-,16+/m1/s1. The molecule has 1 amide bonds. The number of carbonyl (C=O) groups is 1. The number of likely N-dealkylation sites (N-methyl/N-ethyl adjacent to an activating group) is 1. The molecule has 1 aromatic carbocycles. The molecule has 5 rings (SSSR count). The zero-order valence-corrected chi connectivity index (χ0v) is 14.4. The van der Waals surface area contributed by atoms with Gasteiger partial charge in [-0.2, -0.15) is 5.10 Å². The van der Waals surface area contributed by atoms with Crippen molar-refractivity contribution >= 4 is 5.91 Å². The van der Waals surface area contributed by atoms with Crippen LogP contribution in [0.1, 0.15) is 23.3 Å². The molecule has 0 radical (unpaired) electrons. The summed E-state index contributed by atoms with van der Waals surface area (Å²) in [6, 6.07) is 12.3. The molecule has 0 aliphatic carbocycles. The molecule has 5 nitrogen and oxygen atoms in total. The summed E-state index contributed by atoms with van der Waals surface area (Å²) in [5.41, 5.74) is 2.59. The van der Waals surface area contributed by atoms with Gasteiger partial charge in [0.15, 0.2) is 0 Å². The summed E-state index contributed by atoms with van der Waals surface area (Å²) in [6.07, 6.45) is 2.35. The maximum absolute atomic E-state index is 13.2. The van der Waals surface area contributed by atoms with Crippen LogP contribution in [-0.2, 0) is 7.05 Å². The normalized spacial score (nSPS) is 24.2. The predicted molar refractivity (Wildman–Crippen MR) is 93.7 cm³/mol. The topological polar surface area (TPSA) is 41.4 Å². The van der Waals surface area contributed by atoms with Crippen LogP contribution in [0.5, 0.6) is 0 Å². The first-order valence-corrected chi connectivity index (χ1v) is 8.71. The molecule has 1 aromatic heterocycles. The molecule has 3 fully saturated rings. The Kier molecular flexibility index (Phi) is 3.88. The quantitative estimate of drug-likeness (QED) is 0.851. The third kappa shape index (κ3) is 2.73. The van der Waals surface area contributed by atoms with Crippen molar-refractivity contribution in [3.8, 4) is 11.3 Å². The number of carbonyl (C=O) groups excluding carboxylic acids is 1. The largest absolute Gasteiger partial charge is 0.333 e. The maximum atomic E-state index is 13.2. The van der Waals surface area contributed by atoms with Gasteiger partial charge in [0, 0.05) is 38.3 Å². The lowest BCUT2D eigenvalue weighted by molar-refractivity contribution is 0.0575. The van der Waals surface area contributed by atoms with Crippen molar-refractivity contribution in [1.82, 2.24) is 19.6 Å². The molecule has 3 aliphatic heterocycles. The summed E-state index contributed by atoms with van der Waals surface area (Å²) in [5, 5.41) is 4.56. The van der Waals surface area contributed by atoms with Gasteiger partial charge in [-0.25, -0.2) is 0 Å². The van der Waals surface area contributed by atoms with Gasteiger partial charge in [-0.15, -0.1) is 0 Å². The summed E-state index contributed by atoms with van der Waals surface area (Å²) in [5.74, 6) is 0.719. The summed E-state index contributed by atoms with van der Waals surface area (Å²) in [4.78, 5) is 17.6. The highest BCUT2D eigenvalue weighted by Gasteiger charge is 2.37. The summed E-state index contributed by atoms with van der Waals surface area (Å²) < 4.78 is 1.73. The van der Waals surface area contributed by atoms with Crippen LogP contribution in [0.15, 0.2) is 36.4 Å². The Morgan fingerprint density at radius 3 is 2.67 bits per heavy atom. The van der Waals surface area contributed by atoms with Gasteiger partial charge in [0.05, 0.1) is 5.69 Å². The van der Waals surface area contributed by atoms with Gasteiger partial charge in [-0.1, -0.05) is 30.3 Å². The molecule has 2 atom stereocenters. The molecule has 0 spiro atoms. The van der Waals surface area contributed by atoms with Crippen molar-refractivity contribution in [2.24, 2.45) is 13.0 Å². The van der Waals surface area contributed by atoms with Crippen molar-refractivity contribution < 1.29 is 4.79 Å². The van der Waals surface area contributed by atoms with Gasteiger partial charge in [0.25, 0.3) is 5.91 Å². The van der Waals surface area contributed by atoms with E-state index < -0.39 is 0 Å². The molecule has 2 aromatic rings. The van der Waals surface area contributed by atoms with Crippen LogP contribution in [0.2, 0.25) is 0 Å². The smallest absolute Gasteiger partial charge is 0.272 e. The van der Waals surface area contributed by atoms with E-state index in [2.05, 4.69) is 21.9 Å². The highest BCUT2D eigenvalue weighted by atomic mass is 16.2. The molecule has 3 aliphatic rings. The van der Waals surface area contributed by atoms with E-state index in [0.29, 0.717) is 17.7 Å². The Bertz CT molecular complexity index is 739. The number of rotatable bonds is 2. The van der Waals surface area contributed by atoms with Gasteiger partial charge >= 0.3 is 0 Å². The van der Waals surface area contributed by atoms with Crippen LogP contribution < -0.4 is 0 Å². The second-order valence-corrected chi connectivity index (χ2v) is 7.18. The first kappa shape index (κ1) is 15.4. The van der Waals surface area contributed by atoms with E-state index in [4.69, 9.17) is 0 Å². The number of hydrogen-bond acceptors (Lipinski definition) is 3. The minimum absolute atomic E-state index is 0.122. The molecule has 24 heavy (non-hydrogen) atoms. The van der Waals surface area contributed by atoms with Crippen molar-refractivity contribution in [3.63, 3.8) is 0 Å². The van der Waals surface area contributed by atoms with E-state index in [1.54, 1.807) is 4.68 Å². The molecular weight excluding hydrogens is 300 g/mol. The van der Waals surface area contributed by atoms with E-state index >= 15 is 0 Å². The predicted octanol–water partition coefficient (Wildman–Crippen LogP) is 2.25. The number of hydrogen-bond donors (Lipinski definition) is 0. The van der Waals surface area contributed by atoms with E-state index in [9.17, 15) is 4.79 Å². The van der Waals surface area contributed by atoms with Crippen molar-refractivity contribution in [2.75, 3.05) is 26.7 Å². The van der Waals surface area contributed by atoms with Crippen LogP contribution in [0, 0.1) is 5.92 Å². The molecular formula is C19H24N4O. The molecule has 3 saturated heterocycles. The number of piperidine rings is 1. The van der Waals surface area contributed by atoms with Crippen molar-refractivity contribution in [1.29, 1.82) is 0 Å². The minimum atomic E-state index is 0.122. The fourth-order valence-electron chi connectivity index (χ4n) is 4.13.